The number of phenols is 2. The van der Waals surface area contributed by atoms with E-state index in [1.165, 1.54) is 36.7 Å². The number of carbonyl (C=O) groups excluding carboxylic acids is 1. The van der Waals surface area contributed by atoms with Crippen molar-refractivity contribution >= 4 is 40.6 Å². The number of carboxylic acids is 2. The van der Waals surface area contributed by atoms with E-state index >= 15 is 0 Å². The van der Waals surface area contributed by atoms with Gasteiger partial charge in [0.15, 0.2) is 0 Å². The van der Waals surface area contributed by atoms with E-state index in [0.29, 0.717) is 0 Å². The van der Waals surface area contributed by atoms with E-state index in [-0.39, 0.29) is 50.8 Å². The molecule has 2 aromatic carbocycles. The smallest absolute Gasteiger partial charge is 0.339 e. The van der Waals surface area contributed by atoms with Crippen molar-refractivity contribution in [3.63, 3.8) is 0 Å². The third-order valence-electron chi connectivity index (χ3n) is 5.28. The Morgan fingerprint density at radius 3 is 1.38 bits per heavy atom. The molecule has 1 heterocycles. The van der Waals surface area contributed by atoms with E-state index in [4.69, 9.17) is 39.1 Å². The van der Waals surface area contributed by atoms with Crippen LogP contribution in [0.2, 0.25) is 0 Å². The molecular weight excluding hydrogens is 512 g/mol. The van der Waals surface area contributed by atoms with Crippen LogP contribution in [-0.2, 0) is 0 Å². The summed E-state index contributed by atoms with van der Waals surface area (Å²) in [6, 6.07) is 9.78. The van der Waals surface area contributed by atoms with Gasteiger partial charge in [0.1, 0.15) is 22.6 Å². The lowest BCUT2D eigenvalue weighted by molar-refractivity contribution is 0.0682. The molecule has 39 heavy (non-hydrogen) atoms. The first-order valence-electron chi connectivity index (χ1n) is 10.8. The Labute approximate surface area is 220 Å². The zero-order chi connectivity index (χ0) is 29.0. The molecule has 14 N–H and O–H groups in total. The number of aromatic carboxylic acids is 2. The monoisotopic (exact) mass is 536 g/mol. The molecule has 3 rings (SSSR count). The minimum Gasteiger partial charge on any atom is -0.507 e. The predicted octanol–water partition coefficient (Wildman–Crippen LogP) is 0.263. The first-order valence-corrected chi connectivity index (χ1v) is 10.8. The molecule has 0 saturated carbocycles. The molecule has 1 amide bonds. The Kier molecular flexibility index (Phi) is 7.89. The van der Waals surface area contributed by atoms with E-state index < -0.39 is 29.3 Å². The molecule has 1 aromatic heterocycles. The second-order valence-electron chi connectivity index (χ2n) is 7.99. The number of aromatic nitrogens is 1. The van der Waals surface area contributed by atoms with Crippen molar-refractivity contribution in [2.45, 2.75) is 0 Å². The van der Waals surface area contributed by atoms with Crippen molar-refractivity contribution < 1.29 is 34.8 Å². The average Bonchev–Trinajstić information content (AvgIpc) is 2.87. The van der Waals surface area contributed by atoms with Gasteiger partial charge in [-0.05, 0) is 36.4 Å². The topological polar surface area (TPSA) is 282 Å². The average molecular weight is 537 g/mol. The zero-order valence-electron chi connectivity index (χ0n) is 20.0. The minimum absolute atomic E-state index is 0.0123. The number of carbonyl (C=O) groups is 3. The molecule has 0 spiro atoms. The number of amides is 1. The van der Waals surface area contributed by atoms with Crippen LogP contribution in [-0.4, -0.2) is 43.3 Å². The number of primary amides is 1. The van der Waals surface area contributed by atoms with E-state index in [2.05, 4.69) is 4.98 Å². The third-order valence-corrected chi connectivity index (χ3v) is 5.28. The molecule has 0 unspecified atom stereocenters. The molecule has 0 bridgehead atoms. The van der Waals surface area contributed by atoms with Crippen molar-refractivity contribution in [1.82, 2.24) is 4.98 Å². The standard InChI is InChI=1S/C24H24N8O7/c25-16(9-31(28)12-1-3-14(23(36)37)20(33)7-12)18-5-11(22(27)35)6-19(30-18)17(26)10-32(29)13-2-4-15(24(38)39)21(34)8-13/h1-10,33-34H,25-26,28-29H2,(H2,27,35)(H,36,37)(H,38,39)/b16-9-,17-10-. The van der Waals surface area contributed by atoms with Gasteiger partial charge in [-0.2, -0.15) is 0 Å². The molecule has 15 heteroatoms. The minimum atomic E-state index is -1.33. The highest BCUT2D eigenvalue weighted by molar-refractivity contribution is 5.94. The highest BCUT2D eigenvalue weighted by Crippen LogP contribution is 2.26. The quantitative estimate of drug-likeness (QED) is 0.131. The second-order valence-corrected chi connectivity index (χ2v) is 7.99. The van der Waals surface area contributed by atoms with Gasteiger partial charge in [0, 0.05) is 30.1 Å². The summed E-state index contributed by atoms with van der Waals surface area (Å²) in [5, 5.41) is 39.9. The third kappa shape index (κ3) is 6.31. The van der Waals surface area contributed by atoms with Crippen LogP contribution in [0, 0.1) is 0 Å². The maximum atomic E-state index is 11.9. The Morgan fingerprint density at radius 2 is 1.08 bits per heavy atom. The van der Waals surface area contributed by atoms with E-state index in [1.807, 2.05) is 0 Å². The SMILES string of the molecule is NC(=O)c1cc(/C(N)=C/N(N)c2ccc(C(=O)O)c(O)c2)nc(/C(N)=C/N(N)c2ccc(C(=O)O)c(O)c2)c1. The number of hydrazine groups is 2. The van der Waals surface area contributed by atoms with Gasteiger partial charge in [-0.15, -0.1) is 0 Å². The fourth-order valence-electron chi connectivity index (χ4n) is 3.27. The maximum absolute atomic E-state index is 11.9. The van der Waals surface area contributed by atoms with Gasteiger partial charge >= 0.3 is 11.9 Å². The number of anilines is 2. The van der Waals surface area contributed by atoms with Gasteiger partial charge in [-0.3, -0.25) is 14.8 Å². The summed E-state index contributed by atoms with van der Waals surface area (Å²) in [5.41, 5.74) is 17.4. The summed E-state index contributed by atoms with van der Waals surface area (Å²) in [4.78, 5) is 38.4. The Balaban J connectivity index is 1.96. The lowest BCUT2D eigenvalue weighted by atomic mass is 10.1. The number of nitrogens with zero attached hydrogens (tertiary/aromatic N) is 3. The molecule has 15 nitrogen and oxygen atoms in total. The molecule has 0 aliphatic rings. The van der Waals surface area contributed by atoms with Gasteiger partial charge in [0.25, 0.3) is 0 Å². The normalized spacial score (nSPS) is 11.6. The number of pyridine rings is 1. The summed E-state index contributed by atoms with van der Waals surface area (Å²) >= 11 is 0. The zero-order valence-corrected chi connectivity index (χ0v) is 20.0. The van der Waals surface area contributed by atoms with Crippen LogP contribution in [0.15, 0.2) is 60.9 Å². The highest BCUT2D eigenvalue weighted by atomic mass is 16.4. The summed E-state index contributed by atoms with van der Waals surface area (Å²) in [5.74, 6) is 7.45. The highest BCUT2D eigenvalue weighted by Gasteiger charge is 2.15. The molecule has 0 radical (unpaired) electrons. The van der Waals surface area contributed by atoms with Crippen LogP contribution in [0.1, 0.15) is 42.5 Å². The molecule has 202 valence electrons. The first-order chi connectivity index (χ1) is 18.3. The number of aromatic hydroxyl groups is 2. The summed E-state index contributed by atoms with van der Waals surface area (Å²) < 4.78 is 0. The number of nitrogens with two attached hydrogens (primary N) is 5. The van der Waals surface area contributed by atoms with E-state index in [9.17, 15) is 24.6 Å². The molecule has 0 atom stereocenters. The van der Waals surface area contributed by atoms with Crippen molar-refractivity contribution in [2.24, 2.45) is 28.9 Å². The van der Waals surface area contributed by atoms with Gasteiger partial charge in [-0.1, -0.05) is 0 Å². The van der Waals surface area contributed by atoms with Crippen LogP contribution in [0.5, 0.6) is 11.5 Å². The predicted molar refractivity (Wildman–Crippen MR) is 141 cm³/mol. The van der Waals surface area contributed by atoms with Crippen molar-refractivity contribution in [1.29, 1.82) is 0 Å². The van der Waals surface area contributed by atoms with Gasteiger partial charge in [-0.25, -0.2) is 26.3 Å². The fourth-order valence-corrected chi connectivity index (χ4v) is 3.27. The van der Waals surface area contributed by atoms with Gasteiger partial charge in [0.05, 0.1) is 34.2 Å². The maximum Gasteiger partial charge on any atom is 0.339 e. The lowest BCUT2D eigenvalue weighted by Crippen LogP contribution is -2.26. The fraction of sp³-hybridized carbons (Fsp3) is 0. The number of carboxylic acid groups (broad SMARTS) is 2. The lowest BCUT2D eigenvalue weighted by Gasteiger charge is -2.17. The molecule has 0 saturated heterocycles. The molecule has 3 aromatic rings. The Hall–Kier alpha value is -5.80. The van der Waals surface area contributed by atoms with E-state index in [0.717, 1.165) is 34.3 Å². The first kappa shape index (κ1) is 27.8. The molecule has 0 fully saturated rings. The van der Waals surface area contributed by atoms with Crippen LogP contribution >= 0.6 is 0 Å². The summed E-state index contributed by atoms with van der Waals surface area (Å²) in [6.07, 6.45) is 2.40. The molecular formula is C24H24N8O7. The van der Waals surface area contributed by atoms with Crippen LogP contribution < -0.4 is 38.9 Å². The summed E-state index contributed by atoms with van der Waals surface area (Å²) in [6.45, 7) is 0. The largest absolute Gasteiger partial charge is 0.507 e. The van der Waals surface area contributed by atoms with Crippen LogP contribution in [0.3, 0.4) is 0 Å². The number of benzene rings is 2. The number of hydrogen-bond acceptors (Lipinski definition) is 12. The number of rotatable bonds is 9. The van der Waals surface area contributed by atoms with Crippen molar-refractivity contribution in [2.75, 3.05) is 10.0 Å². The Bertz CT molecular complexity index is 1430. The van der Waals surface area contributed by atoms with Gasteiger partial charge in [0.2, 0.25) is 5.91 Å². The Morgan fingerprint density at radius 1 is 0.692 bits per heavy atom. The van der Waals surface area contributed by atoms with E-state index in [1.54, 1.807) is 0 Å². The number of hydrogen-bond donors (Lipinski definition) is 9. The van der Waals surface area contributed by atoms with Gasteiger partial charge < -0.3 is 37.6 Å². The summed E-state index contributed by atoms with van der Waals surface area (Å²) in [7, 11) is 0. The van der Waals surface area contributed by atoms with Crippen LogP contribution in [0.4, 0.5) is 11.4 Å². The van der Waals surface area contributed by atoms with Crippen molar-refractivity contribution in [3.05, 3.63) is 89.0 Å². The second kappa shape index (κ2) is 11.1. The molecule has 0 aliphatic carbocycles. The van der Waals surface area contributed by atoms with Crippen molar-refractivity contribution in [3.8, 4) is 11.5 Å². The van der Waals surface area contributed by atoms with Crippen LogP contribution in [0.25, 0.3) is 11.4 Å². The molecule has 0 aliphatic heterocycles.